The molecule has 2 unspecified atom stereocenters. The van der Waals surface area contributed by atoms with Crippen molar-refractivity contribution in [2.75, 3.05) is 24.9 Å². The van der Waals surface area contributed by atoms with Crippen molar-refractivity contribution in [2.45, 2.75) is 52.2 Å². The Labute approximate surface area is 212 Å². The number of carbonyl (C=O) groups is 2. The third-order valence-electron chi connectivity index (χ3n) is 5.79. The number of anilines is 1. The third-order valence-corrected chi connectivity index (χ3v) is 7.60. The summed E-state index contributed by atoms with van der Waals surface area (Å²) < 4.78 is 55.9. The molecular formula is C25H34F2N4O4S. The van der Waals surface area contributed by atoms with E-state index in [-0.39, 0.29) is 24.7 Å². The van der Waals surface area contributed by atoms with Crippen molar-refractivity contribution in [3.8, 4) is 0 Å². The minimum atomic E-state index is -4.27. The second-order valence-electron chi connectivity index (χ2n) is 8.64. The summed E-state index contributed by atoms with van der Waals surface area (Å²) >= 11 is 0. The molecule has 2 rings (SSSR count). The van der Waals surface area contributed by atoms with E-state index >= 15 is 0 Å². The largest absolute Gasteiger partial charge is 0.352 e. The first-order valence-electron chi connectivity index (χ1n) is 11.7. The Kier molecular flexibility index (Phi) is 10.4. The molecule has 0 saturated carbocycles. The molecule has 0 heterocycles. The molecule has 2 aromatic carbocycles. The zero-order valence-electron chi connectivity index (χ0n) is 21.2. The fourth-order valence-corrected chi connectivity index (χ4v) is 4.57. The van der Waals surface area contributed by atoms with Crippen LogP contribution in [0.4, 0.5) is 14.5 Å². The fraction of sp³-hybridized carbons (Fsp3) is 0.440. The van der Waals surface area contributed by atoms with Crippen LogP contribution in [0, 0.1) is 11.6 Å². The lowest BCUT2D eigenvalue weighted by molar-refractivity contribution is -0.140. The summed E-state index contributed by atoms with van der Waals surface area (Å²) in [5.74, 6) is -2.38. The number of halogens is 2. The van der Waals surface area contributed by atoms with Gasteiger partial charge in [-0.1, -0.05) is 38.1 Å². The van der Waals surface area contributed by atoms with Crippen molar-refractivity contribution >= 4 is 27.7 Å². The van der Waals surface area contributed by atoms with Gasteiger partial charge in [-0.3, -0.25) is 9.59 Å². The molecule has 0 fully saturated rings. The summed E-state index contributed by atoms with van der Waals surface area (Å²) in [6.45, 7) is 4.66. The van der Waals surface area contributed by atoms with Gasteiger partial charge in [0.05, 0.1) is 5.69 Å². The number of rotatable bonds is 12. The van der Waals surface area contributed by atoms with Crippen LogP contribution in [0.2, 0.25) is 0 Å². The number of benzene rings is 2. The molecule has 0 aromatic heterocycles. The minimum absolute atomic E-state index is 0.0708. The van der Waals surface area contributed by atoms with Crippen LogP contribution in [0.15, 0.2) is 48.5 Å². The van der Waals surface area contributed by atoms with Crippen molar-refractivity contribution in [1.29, 1.82) is 0 Å². The van der Waals surface area contributed by atoms with Gasteiger partial charge in [0.25, 0.3) is 0 Å². The van der Waals surface area contributed by atoms with Gasteiger partial charge in [0, 0.05) is 26.7 Å². The normalized spacial score (nSPS) is 13.2. The van der Waals surface area contributed by atoms with E-state index in [1.54, 1.807) is 6.92 Å². The number of hydrogen-bond acceptors (Lipinski definition) is 4. The summed E-state index contributed by atoms with van der Waals surface area (Å²) in [4.78, 5) is 28.0. The molecule has 8 nitrogen and oxygen atoms in total. The average Bonchev–Trinajstić information content (AvgIpc) is 2.83. The van der Waals surface area contributed by atoms with Gasteiger partial charge in [-0.05, 0) is 49.6 Å². The predicted octanol–water partition coefficient (Wildman–Crippen LogP) is 3.30. The van der Waals surface area contributed by atoms with E-state index in [0.29, 0.717) is 16.3 Å². The van der Waals surface area contributed by atoms with Gasteiger partial charge in [-0.2, -0.15) is 12.7 Å². The van der Waals surface area contributed by atoms with E-state index < -0.39 is 46.2 Å². The Bertz CT molecular complexity index is 1140. The van der Waals surface area contributed by atoms with Crippen LogP contribution in [-0.2, 0) is 26.3 Å². The Hall–Kier alpha value is -3.05. The lowest BCUT2D eigenvalue weighted by Crippen LogP contribution is -2.54. The summed E-state index contributed by atoms with van der Waals surface area (Å²) in [6.07, 6.45) is 0.922. The predicted molar refractivity (Wildman–Crippen MR) is 135 cm³/mol. The summed E-state index contributed by atoms with van der Waals surface area (Å²) in [5, 5.41) is 2.86. The molecule has 36 heavy (non-hydrogen) atoms. The molecule has 11 heteroatoms. The van der Waals surface area contributed by atoms with Crippen molar-refractivity contribution in [3.05, 3.63) is 65.7 Å². The maximum atomic E-state index is 14.7. The number of hydrogen-bond donors (Lipinski definition) is 1. The first-order valence-corrected chi connectivity index (χ1v) is 13.1. The molecule has 2 atom stereocenters. The highest BCUT2D eigenvalue weighted by Gasteiger charge is 2.34. The highest BCUT2D eigenvalue weighted by molar-refractivity contribution is 7.90. The van der Waals surface area contributed by atoms with Crippen LogP contribution in [0.3, 0.4) is 0 Å². The maximum Gasteiger partial charge on any atom is 0.304 e. The first-order chi connectivity index (χ1) is 16.9. The zero-order chi connectivity index (χ0) is 27.0. The van der Waals surface area contributed by atoms with E-state index in [1.807, 2.05) is 13.8 Å². The van der Waals surface area contributed by atoms with Crippen LogP contribution in [0.25, 0.3) is 0 Å². The molecule has 0 bridgehead atoms. The van der Waals surface area contributed by atoms with Crippen LogP contribution in [-0.4, -0.2) is 62.2 Å². The van der Waals surface area contributed by atoms with E-state index in [9.17, 15) is 26.8 Å². The lowest BCUT2D eigenvalue weighted by Gasteiger charge is -2.34. The van der Waals surface area contributed by atoms with Gasteiger partial charge in [-0.25, -0.2) is 13.1 Å². The molecule has 0 aliphatic rings. The van der Waals surface area contributed by atoms with Crippen LogP contribution in [0.1, 0.15) is 39.2 Å². The molecule has 198 valence electrons. The highest BCUT2D eigenvalue weighted by Crippen LogP contribution is 2.24. The smallest absolute Gasteiger partial charge is 0.304 e. The average molecular weight is 525 g/mol. The molecule has 0 saturated heterocycles. The van der Waals surface area contributed by atoms with Gasteiger partial charge < -0.3 is 10.2 Å². The van der Waals surface area contributed by atoms with Crippen LogP contribution in [0.5, 0.6) is 0 Å². The van der Waals surface area contributed by atoms with Crippen molar-refractivity contribution in [2.24, 2.45) is 0 Å². The highest BCUT2D eigenvalue weighted by atomic mass is 32.2. The zero-order valence-corrected chi connectivity index (χ0v) is 22.1. The number of para-hydroxylation sites is 1. The number of carbonyl (C=O) groups excluding carboxylic acids is 2. The summed E-state index contributed by atoms with van der Waals surface area (Å²) in [6, 6.07) is 9.62. The number of amides is 2. The molecule has 0 aliphatic carbocycles. The number of nitrogens with one attached hydrogen (secondary N) is 1. The first kappa shape index (κ1) is 29.2. The van der Waals surface area contributed by atoms with Crippen molar-refractivity contribution in [3.63, 3.8) is 0 Å². The van der Waals surface area contributed by atoms with Crippen LogP contribution < -0.4 is 9.62 Å². The van der Waals surface area contributed by atoms with E-state index in [2.05, 4.69) is 5.32 Å². The summed E-state index contributed by atoms with van der Waals surface area (Å²) in [5.41, 5.74) is 0.255. The monoisotopic (exact) mass is 524 g/mol. The van der Waals surface area contributed by atoms with Crippen molar-refractivity contribution < 1.29 is 26.8 Å². The Morgan fingerprint density at radius 3 is 2.11 bits per heavy atom. The topological polar surface area (TPSA) is 90.0 Å². The van der Waals surface area contributed by atoms with Gasteiger partial charge in [0.1, 0.15) is 24.2 Å². The summed E-state index contributed by atoms with van der Waals surface area (Å²) in [7, 11) is -1.72. The second-order valence-corrected chi connectivity index (χ2v) is 10.7. The molecule has 0 aliphatic heterocycles. The molecule has 0 radical (unpaired) electrons. The molecular weight excluding hydrogens is 490 g/mol. The van der Waals surface area contributed by atoms with Gasteiger partial charge in [0.2, 0.25) is 11.8 Å². The Balaban J connectivity index is 2.51. The fourth-order valence-electron chi connectivity index (χ4n) is 3.50. The molecule has 2 amide bonds. The Morgan fingerprint density at radius 2 is 1.58 bits per heavy atom. The van der Waals surface area contributed by atoms with Crippen LogP contribution >= 0.6 is 0 Å². The minimum Gasteiger partial charge on any atom is -0.352 e. The number of nitrogens with zero attached hydrogens (tertiary/aromatic N) is 3. The van der Waals surface area contributed by atoms with Gasteiger partial charge >= 0.3 is 10.2 Å². The van der Waals surface area contributed by atoms with E-state index in [0.717, 1.165) is 10.4 Å². The van der Waals surface area contributed by atoms with Gasteiger partial charge in [0.15, 0.2) is 0 Å². The Morgan fingerprint density at radius 1 is 0.972 bits per heavy atom. The molecule has 1 N–H and O–H groups in total. The SMILES string of the molecule is CCC(C)NC(=O)C(CC)N(Cc1ccc(F)cc1)C(=O)CN(c1ccccc1F)S(=O)(=O)N(C)C. The molecule has 2 aromatic rings. The lowest BCUT2D eigenvalue weighted by atomic mass is 10.1. The van der Waals surface area contributed by atoms with Gasteiger partial charge in [-0.15, -0.1) is 0 Å². The molecule has 0 spiro atoms. The quantitative estimate of drug-likeness (QED) is 0.461. The second kappa shape index (κ2) is 12.8. The third kappa shape index (κ3) is 7.23. The van der Waals surface area contributed by atoms with Crippen molar-refractivity contribution in [1.82, 2.24) is 14.5 Å². The maximum absolute atomic E-state index is 14.7. The standard InChI is InChI=1S/C25H34F2N4O4S/c1-6-18(3)28-25(33)22(7-2)30(16-19-12-14-20(26)15-13-19)24(32)17-31(36(34,35)29(4)5)23-11-9-8-10-21(23)27/h8-15,18,22H,6-7,16-17H2,1-5H3,(H,28,33). The van der Waals surface area contributed by atoms with E-state index in [4.69, 9.17) is 0 Å². The van der Waals surface area contributed by atoms with E-state index in [1.165, 1.54) is 61.5 Å².